The molecule has 2 nitrogen and oxygen atoms in total. The van der Waals surface area contributed by atoms with Crippen LogP contribution >= 0.6 is 0 Å². The summed E-state index contributed by atoms with van der Waals surface area (Å²) in [5, 5.41) is 9.06. The number of carbonyl (C=O) groups excluding carboxylic acids is 1. The lowest BCUT2D eigenvalue weighted by Crippen LogP contribution is -2.18. The molecule has 44 valence electrons. The van der Waals surface area contributed by atoms with Gasteiger partial charge >= 0.3 is 0 Å². The fraction of sp³-hybridized carbons (Fsp3) is 0.500. The van der Waals surface area contributed by atoms with E-state index < -0.39 is 5.60 Å². The number of allylic oxidation sites excluding steroid dienone is 1. The Hall–Kier alpha value is -0.630. The Morgan fingerprint density at radius 2 is 2.50 bits per heavy atom. The Morgan fingerprint density at radius 3 is 2.62 bits per heavy atom. The van der Waals surface area contributed by atoms with E-state index in [1.165, 1.54) is 12.2 Å². The molecule has 1 rings (SSSR count). The van der Waals surface area contributed by atoms with Gasteiger partial charge in [-0.15, -0.1) is 0 Å². The summed E-state index contributed by atoms with van der Waals surface area (Å²) >= 11 is 0. The van der Waals surface area contributed by atoms with E-state index in [9.17, 15) is 4.79 Å². The smallest absolute Gasteiger partial charge is 0.158 e. The van der Waals surface area contributed by atoms with Gasteiger partial charge in [0.1, 0.15) is 0 Å². The molecule has 0 spiro atoms. The van der Waals surface area contributed by atoms with Gasteiger partial charge in [-0.2, -0.15) is 0 Å². The molecule has 1 N–H and O–H groups in total. The van der Waals surface area contributed by atoms with Crippen molar-refractivity contribution in [3.63, 3.8) is 0 Å². The predicted molar refractivity (Wildman–Crippen MR) is 29.4 cm³/mol. The third-order valence-electron chi connectivity index (χ3n) is 1.16. The number of hydrogen-bond acceptors (Lipinski definition) is 2. The van der Waals surface area contributed by atoms with Crippen molar-refractivity contribution in [1.82, 2.24) is 0 Å². The van der Waals surface area contributed by atoms with Crippen LogP contribution in [0.15, 0.2) is 12.2 Å². The first-order chi connectivity index (χ1) is 3.60. The van der Waals surface area contributed by atoms with Crippen molar-refractivity contribution in [2.75, 3.05) is 0 Å². The molecule has 0 aromatic heterocycles. The lowest BCUT2D eigenvalue weighted by atomic mass is 10.1. The first-order valence-corrected chi connectivity index (χ1v) is 2.55. The minimum absolute atomic E-state index is 0.00926. The van der Waals surface area contributed by atoms with Crippen LogP contribution in [0.4, 0.5) is 0 Å². The van der Waals surface area contributed by atoms with Gasteiger partial charge in [-0.1, -0.05) is 0 Å². The summed E-state index contributed by atoms with van der Waals surface area (Å²) in [5.74, 6) is 0.00926. The molecule has 0 bridgehead atoms. The van der Waals surface area contributed by atoms with E-state index in [1.807, 2.05) is 0 Å². The van der Waals surface area contributed by atoms with E-state index in [0.29, 0.717) is 0 Å². The van der Waals surface area contributed by atoms with Crippen LogP contribution in [0.3, 0.4) is 0 Å². The van der Waals surface area contributed by atoms with Crippen LogP contribution in [0, 0.1) is 0 Å². The molecule has 0 fully saturated rings. The first kappa shape index (κ1) is 5.51. The van der Waals surface area contributed by atoms with E-state index in [-0.39, 0.29) is 12.2 Å². The van der Waals surface area contributed by atoms with Crippen molar-refractivity contribution in [2.24, 2.45) is 0 Å². The maximum absolute atomic E-state index is 10.4. The summed E-state index contributed by atoms with van der Waals surface area (Å²) in [4.78, 5) is 10.4. The average molecular weight is 112 g/mol. The molecule has 2 heteroatoms. The van der Waals surface area contributed by atoms with E-state index in [4.69, 9.17) is 5.11 Å². The highest BCUT2D eigenvalue weighted by Crippen LogP contribution is 2.17. The molecular formula is C6H8O2. The van der Waals surface area contributed by atoms with Gasteiger partial charge in [0.15, 0.2) is 5.78 Å². The Bertz CT molecular complexity index is 145. The van der Waals surface area contributed by atoms with Crippen molar-refractivity contribution in [3.8, 4) is 0 Å². The van der Waals surface area contributed by atoms with Crippen LogP contribution in [-0.4, -0.2) is 16.5 Å². The molecule has 0 saturated carbocycles. The Morgan fingerprint density at radius 1 is 1.88 bits per heavy atom. The Balaban J connectivity index is 2.72. The summed E-state index contributed by atoms with van der Waals surface area (Å²) < 4.78 is 0. The standard InChI is InChI=1S/C6H8O2/c1-6(8)3-2-5(7)4-6/h2-3,8H,4H2,1H3/t6-/m1/s1. The first-order valence-electron chi connectivity index (χ1n) is 2.55. The fourth-order valence-corrected chi connectivity index (χ4v) is 0.743. The van der Waals surface area contributed by atoms with Crippen LogP contribution in [0.1, 0.15) is 13.3 Å². The average Bonchev–Trinajstić information content (AvgIpc) is 1.82. The molecule has 1 aliphatic carbocycles. The minimum Gasteiger partial charge on any atom is -0.386 e. The summed E-state index contributed by atoms with van der Waals surface area (Å²) in [6.07, 6.45) is 3.18. The second-order valence-corrected chi connectivity index (χ2v) is 2.33. The molecule has 1 atom stereocenters. The predicted octanol–water partition coefficient (Wildman–Crippen LogP) is 0.266. The van der Waals surface area contributed by atoms with Gasteiger partial charge < -0.3 is 5.11 Å². The van der Waals surface area contributed by atoms with Crippen LogP contribution in [0.2, 0.25) is 0 Å². The summed E-state index contributed by atoms with van der Waals surface area (Å²) in [5.41, 5.74) is -0.864. The van der Waals surface area contributed by atoms with Gasteiger partial charge in [0.05, 0.1) is 5.60 Å². The molecule has 0 heterocycles. The molecular weight excluding hydrogens is 104 g/mol. The van der Waals surface area contributed by atoms with Crippen molar-refractivity contribution in [2.45, 2.75) is 18.9 Å². The van der Waals surface area contributed by atoms with E-state index in [2.05, 4.69) is 0 Å². The van der Waals surface area contributed by atoms with Crippen molar-refractivity contribution in [3.05, 3.63) is 12.2 Å². The van der Waals surface area contributed by atoms with Gasteiger partial charge in [-0.25, -0.2) is 0 Å². The molecule has 0 saturated heterocycles. The third-order valence-corrected chi connectivity index (χ3v) is 1.16. The maximum Gasteiger partial charge on any atom is 0.158 e. The zero-order valence-corrected chi connectivity index (χ0v) is 4.72. The lowest BCUT2D eigenvalue weighted by molar-refractivity contribution is -0.116. The Kier molecular flexibility index (Phi) is 0.978. The third kappa shape index (κ3) is 0.954. The number of ketones is 1. The van der Waals surface area contributed by atoms with Gasteiger partial charge in [0.2, 0.25) is 0 Å². The normalized spacial score (nSPS) is 36.5. The van der Waals surface area contributed by atoms with Gasteiger partial charge in [-0.3, -0.25) is 4.79 Å². The Labute approximate surface area is 47.8 Å². The SMILES string of the molecule is C[C@@]1(O)C=CC(=O)C1. The second kappa shape index (κ2) is 1.42. The van der Waals surface area contributed by atoms with Gasteiger partial charge in [-0.05, 0) is 19.1 Å². The molecule has 1 aliphatic rings. The minimum atomic E-state index is -0.864. The summed E-state index contributed by atoms with van der Waals surface area (Å²) in [7, 11) is 0. The van der Waals surface area contributed by atoms with Crippen molar-refractivity contribution >= 4 is 5.78 Å². The molecule has 8 heavy (non-hydrogen) atoms. The highest BCUT2D eigenvalue weighted by Gasteiger charge is 2.24. The van der Waals surface area contributed by atoms with E-state index in [0.717, 1.165) is 0 Å². The topological polar surface area (TPSA) is 37.3 Å². The fourth-order valence-electron chi connectivity index (χ4n) is 0.743. The molecule has 0 aromatic carbocycles. The highest BCUT2D eigenvalue weighted by atomic mass is 16.3. The number of rotatable bonds is 0. The zero-order valence-electron chi connectivity index (χ0n) is 4.72. The van der Waals surface area contributed by atoms with Gasteiger partial charge in [0, 0.05) is 6.42 Å². The zero-order chi connectivity index (χ0) is 6.20. The lowest BCUT2D eigenvalue weighted by Gasteiger charge is -2.09. The van der Waals surface area contributed by atoms with Crippen LogP contribution in [0.5, 0.6) is 0 Å². The number of aliphatic hydroxyl groups is 1. The van der Waals surface area contributed by atoms with Crippen molar-refractivity contribution in [1.29, 1.82) is 0 Å². The molecule has 0 aliphatic heterocycles. The molecule has 0 amide bonds. The number of hydrogen-bond donors (Lipinski definition) is 1. The molecule has 0 radical (unpaired) electrons. The van der Waals surface area contributed by atoms with Gasteiger partial charge in [0.25, 0.3) is 0 Å². The van der Waals surface area contributed by atoms with Crippen LogP contribution in [0.25, 0.3) is 0 Å². The van der Waals surface area contributed by atoms with Crippen molar-refractivity contribution < 1.29 is 9.90 Å². The van der Waals surface area contributed by atoms with Crippen LogP contribution in [-0.2, 0) is 4.79 Å². The monoisotopic (exact) mass is 112 g/mol. The highest BCUT2D eigenvalue weighted by molar-refractivity contribution is 5.93. The summed E-state index contributed by atoms with van der Waals surface area (Å²) in [6.45, 7) is 1.62. The molecule has 0 unspecified atom stereocenters. The summed E-state index contributed by atoms with van der Waals surface area (Å²) in [6, 6.07) is 0. The number of carbonyl (C=O) groups is 1. The maximum atomic E-state index is 10.4. The van der Waals surface area contributed by atoms with Crippen LogP contribution < -0.4 is 0 Å². The largest absolute Gasteiger partial charge is 0.386 e. The van der Waals surface area contributed by atoms with E-state index in [1.54, 1.807) is 6.92 Å². The second-order valence-electron chi connectivity index (χ2n) is 2.33. The van der Waals surface area contributed by atoms with E-state index >= 15 is 0 Å². The quantitative estimate of drug-likeness (QED) is 0.488. The molecule has 0 aromatic rings.